The van der Waals surface area contributed by atoms with Gasteiger partial charge in [0.1, 0.15) is 0 Å². The van der Waals surface area contributed by atoms with Crippen molar-refractivity contribution in [3.63, 3.8) is 0 Å². The highest BCUT2D eigenvalue weighted by atomic mass is 15.0. The van der Waals surface area contributed by atoms with Crippen molar-refractivity contribution in [3.05, 3.63) is 83.6 Å². The smallest absolute Gasteiger partial charge is 0.0486 e. The molecule has 0 bridgehead atoms. The molecule has 22 heavy (non-hydrogen) atoms. The van der Waals surface area contributed by atoms with Crippen LogP contribution in [-0.2, 0) is 13.0 Å². The van der Waals surface area contributed by atoms with Gasteiger partial charge >= 0.3 is 0 Å². The van der Waals surface area contributed by atoms with E-state index in [9.17, 15) is 0 Å². The minimum atomic E-state index is 0.934. The summed E-state index contributed by atoms with van der Waals surface area (Å²) in [7, 11) is 0. The number of nitrogens with zero attached hydrogens (tertiary/aromatic N) is 1. The zero-order chi connectivity index (χ0) is 15.4. The summed E-state index contributed by atoms with van der Waals surface area (Å²) >= 11 is 0. The molecule has 3 aromatic rings. The van der Waals surface area contributed by atoms with Crippen LogP contribution in [-0.4, -0.2) is 4.57 Å². The van der Waals surface area contributed by atoms with Gasteiger partial charge in [-0.2, -0.15) is 0 Å². The highest BCUT2D eigenvalue weighted by Crippen LogP contribution is 2.24. The number of aryl methyl sites for hydroxylation is 1. The molecule has 3 rings (SSSR count). The molecule has 0 aliphatic rings. The van der Waals surface area contributed by atoms with E-state index >= 15 is 0 Å². The lowest BCUT2D eigenvalue weighted by atomic mass is 10.0. The first-order chi connectivity index (χ1) is 10.8. The van der Waals surface area contributed by atoms with Gasteiger partial charge in [-0.15, -0.1) is 0 Å². The van der Waals surface area contributed by atoms with E-state index in [1.807, 2.05) is 0 Å². The lowest BCUT2D eigenvalue weighted by Crippen LogP contribution is -1.97. The maximum absolute atomic E-state index is 2.38. The van der Waals surface area contributed by atoms with Crippen LogP contribution in [0.1, 0.15) is 31.4 Å². The molecule has 0 amide bonds. The first-order valence-corrected chi connectivity index (χ1v) is 8.00. The number of fused-ring (bicyclic) bond motifs is 1. The first-order valence-electron chi connectivity index (χ1n) is 8.00. The van der Waals surface area contributed by atoms with E-state index in [-0.39, 0.29) is 0 Å². The number of hydrogen-bond acceptors (Lipinski definition) is 0. The Hall–Kier alpha value is -2.28. The minimum Gasteiger partial charge on any atom is -0.343 e. The van der Waals surface area contributed by atoms with Crippen LogP contribution < -0.4 is 0 Å². The van der Waals surface area contributed by atoms with E-state index in [0.29, 0.717) is 0 Å². The number of allylic oxidation sites excluding steroid dienone is 2. The molecule has 0 N–H and O–H groups in total. The van der Waals surface area contributed by atoms with Crippen molar-refractivity contribution in [2.24, 2.45) is 0 Å². The molecule has 112 valence electrons. The number of rotatable bonds is 5. The number of benzene rings is 2. The normalized spacial score (nSPS) is 12.0. The summed E-state index contributed by atoms with van der Waals surface area (Å²) in [6.07, 6.45) is 6.79. The van der Waals surface area contributed by atoms with Crippen molar-refractivity contribution in [1.29, 1.82) is 0 Å². The molecule has 1 nitrogen and oxygen atoms in total. The van der Waals surface area contributed by atoms with E-state index in [4.69, 9.17) is 0 Å². The van der Waals surface area contributed by atoms with Gasteiger partial charge in [-0.05, 0) is 43.9 Å². The summed E-state index contributed by atoms with van der Waals surface area (Å²) in [6, 6.07) is 19.4. The van der Waals surface area contributed by atoms with Crippen molar-refractivity contribution in [2.75, 3.05) is 0 Å². The lowest BCUT2D eigenvalue weighted by Gasteiger charge is -2.05. The van der Waals surface area contributed by atoms with Crippen LogP contribution in [0.15, 0.2) is 72.4 Å². The summed E-state index contributed by atoms with van der Waals surface area (Å²) in [5.41, 5.74) is 5.59. The average molecular weight is 289 g/mol. The molecule has 0 unspecified atom stereocenters. The number of aromatic nitrogens is 1. The zero-order valence-corrected chi connectivity index (χ0v) is 13.4. The molecule has 0 radical (unpaired) electrons. The van der Waals surface area contributed by atoms with Crippen molar-refractivity contribution < 1.29 is 0 Å². The Morgan fingerprint density at radius 1 is 1.00 bits per heavy atom. The zero-order valence-electron chi connectivity index (χ0n) is 13.4. The molecule has 1 heteroatoms. The third-order valence-corrected chi connectivity index (χ3v) is 4.35. The molecular formula is C21H23N. The van der Waals surface area contributed by atoms with Crippen molar-refractivity contribution in [2.45, 2.75) is 33.2 Å². The van der Waals surface area contributed by atoms with E-state index in [1.54, 1.807) is 0 Å². The fraction of sp³-hybridized carbons (Fsp3) is 0.238. The van der Waals surface area contributed by atoms with Crippen LogP contribution in [0.5, 0.6) is 0 Å². The maximum Gasteiger partial charge on any atom is 0.0486 e. The largest absolute Gasteiger partial charge is 0.343 e. The van der Waals surface area contributed by atoms with Gasteiger partial charge in [-0.3, -0.25) is 0 Å². The van der Waals surface area contributed by atoms with Crippen molar-refractivity contribution in [3.8, 4) is 0 Å². The van der Waals surface area contributed by atoms with E-state index in [2.05, 4.69) is 85.3 Å². The third-order valence-electron chi connectivity index (χ3n) is 4.35. The second-order valence-corrected chi connectivity index (χ2v) is 5.92. The molecule has 0 saturated carbocycles. The second kappa shape index (κ2) is 6.65. The molecule has 2 aromatic carbocycles. The maximum atomic E-state index is 2.38. The molecule has 0 aliphatic heterocycles. The standard InChI is InChI=1S/C21H23N/c1-3-17(2)13-14-19-16-22(15-18-9-5-4-6-10-18)21-12-8-7-11-20(19)21/h3-12,16H,13-15H2,1-2H3/b17-3+. The lowest BCUT2D eigenvalue weighted by molar-refractivity contribution is 0.825. The molecule has 0 saturated heterocycles. The van der Waals surface area contributed by atoms with Crippen molar-refractivity contribution >= 4 is 10.9 Å². The Morgan fingerprint density at radius 2 is 1.73 bits per heavy atom. The molecular weight excluding hydrogens is 266 g/mol. The summed E-state index contributed by atoms with van der Waals surface area (Å²) in [5.74, 6) is 0. The van der Waals surface area contributed by atoms with Gasteiger partial charge in [0, 0.05) is 23.6 Å². The Labute approximate surface area is 132 Å². The Kier molecular flexibility index (Phi) is 4.43. The highest BCUT2D eigenvalue weighted by molar-refractivity contribution is 5.84. The van der Waals surface area contributed by atoms with Crippen LogP contribution in [0.25, 0.3) is 10.9 Å². The van der Waals surface area contributed by atoms with Crippen LogP contribution in [0.3, 0.4) is 0 Å². The third kappa shape index (κ3) is 3.14. The second-order valence-electron chi connectivity index (χ2n) is 5.92. The van der Waals surface area contributed by atoms with Crippen molar-refractivity contribution in [1.82, 2.24) is 4.57 Å². The van der Waals surface area contributed by atoms with Crippen LogP contribution >= 0.6 is 0 Å². The molecule has 0 aliphatic carbocycles. The summed E-state index contributed by atoms with van der Waals surface area (Å²) in [5, 5.41) is 1.39. The van der Waals surface area contributed by atoms with Gasteiger partial charge < -0.3 is 4.57 Å². The van der Waals surface area contributed by atoms with Gasteiger partial charge in [-0.25, -0.2) is 0 Å². The van der Waals surface area contributed by atoms with E-state index in [1.165, 1.54) is 27.6 Å². The van der Waals surface area contributed by atoms with Gasteiger partial charge in [-0.1, -0.05) is 60.2 Å². The fourth-order valence-electron chi connectivity index (χ4n) is 2.91. The van der Waals surface area contributed by atoms with E-state index < -0.39 is 0 Å². The molecule has 1 aromatic heterocycles. The predicted octanol–water partition coefficient (Wildman–Crippen LogP) is 5.59. The SMILES string of the molecule is C/C=C(\C)CCc1cn(Cc2ccccc2)c2ccccc12. The quantitative estimate of drug-likeness (QED) is 0.540. The number of para-hydroxylation sites is 1. The monoisotopic (exact) mass is 289 g/mol. The number of hydrogen-bond donors (Lipinski definition) is 0. The fourth-order valence-corrected chi connectivity index (χ4v) is 2.91. The molecule has 0 atom stereocenters. The Balaban J connectivity index is 1.93. The molecule has 0 fully saturated rings. The highest BCUT2D eigenvalue weighted by Gasteiger charge is 2.08. The van der Waals surface area contributed by atoms with Crippen LogP contribution in [0.2, 0.25) is 0 Å². The van der Waals surface area contributed by atoms with Gasteiger partial charge in [0.05, 0.1) is 0 Å². The summed E-state index contributed by atoms with van der Waals surface area (Å²) in [6.45, 7) is 5.27. The Morgan fingerprint density at radius 3 is 2.50 bits per heavy atom. The van der Waals surface area contributed by atoms with Crippen LogP contribution in [0.4, 0.5) is 0 Å². The summed E-state index contributed by atoms with van der Waals surface area (Å²) in [4.78, 5) is 0. The summed E-state index contributed by atoms with van der Waals surface area (Å²) < 4.78 is 2.38. The van der Waals surface area contributed by atoms with Gasteiger partial charge in [0.25, 0.3) is 0 Å². The molecule has 1 heterocycles. The Bertz CT molecular complexity index is 778. The van der Waals surface area contributed by atoms with Gasteiger partial charge in [0.2, 0.25) is 0 Å². The predicted molar refractivity (Wildman–Crippen MR) is 95.2 cm³/mol. The minimum absolute atomic E-state index is 0.934. The van der Waals surface area contributed by atoms with E-state index in [0.717, 1.165) is 19.4 Å². The van der Waals surface area contributed by atoms with Gasteiger partial charge in [0.15, 0.2) is 0 Å². The first kappa shape index (κ1) is 14.6. The van der Waals surface area contributed by atoms with Crippen LogP contribution in [0, 0.1) is 0 Å². The average Bonchev–Trinajstić information content (AvgIpc) is 2.92. The topological polar surface area (TPSA) is 4.93 Å². The molecule has 0 spiro atoms.